The maximum atomic E-state index is 13.0. The second kappa shape index (κ2) is 6.94. The molecule has 0 saturated carbocycles. The fraction of sp³-hybridized carbons (Fsp3) is 0.0625. The average Bonchev–Trinajstić information content (AvgIpc) is 2.90. The lowest BCUT2D eigenvalue weighted by molar-refractivity contribution is 0.102. The van der Waals surface area contributed by atoms with E-state index in [4.69, 9.17) is 11.6 Å². The number of rotatable bonds is 4. The highest BCUT2D eigenvalue weighted by molar-refractivity contribution is 7.16. The van der Waals surface area contributed by atoms with Crippen LogP contribution in [0.1, 0.15) is 15.5 Å². The van der Waals surface area contributed by atoms with Crippen LogP contribution in [0, 0.1) is 12.7 Å². The molecule has 2 heterocycles. The van der Waals surface area contributed by atoms with Crippen molar-refractivity contribution in [3.63, 3.8) is 0 Å². The smallest absolute Gasteiger partial charge is 0.277 e. The predicted molar refractivity (Wildman–Crippen MR) is 93.7 cm³/mol. The summed E-state index contributed by atoms with van der Waals surface area (Å²) >= 11 is 7.15. The van der Waals surface area contributed by atoms with Gasteiger partial charge in [0.1, 0.15) is 16.0 Å². The summed E-state index contributed by atoms with van der Waals surface area (Å²) in [6.07, 6.45) is 1.50. The number of hydrogen-bond acceptors (Lipinski definition) is 5. The largest absolute Gasteiger partial charge is 0.345 e. The van der Waals surface area contributed by atoms with E-state index in [1.165, 1.54) is 29.7 Å². The van der Waals surface area contributed by atoms with Gasteiger partial charge in [0.25, 0.3) is 5.91 Å². The first-order chi connectivity index (χ1) is 11.5. The number of pyridine rings is 1. The van der Waals surface area contributed by atoms with Gasteiger partial charge < -0.3 is 10.6 Å². The molecular formula is C16H12ClFN4OS. The van der Waals surface area contributed by atoms with Crippen LogP contribution in [0.5, 0.6) is 0 Å². The van der Waals surface area contributed by atoms with Crippen molar-refractivity contribution in [1.29, 1.82) is 0 Å². The molecule has 0 aliphatic rings. The number of nitrogens with zero attached hydrogens (tertiary/aromatic N) is 2. The maximum Gasteiger partial charge on any atom is 0.277 e. The third-order valence-corrected chi connectivity index (χ3v) is 4.13. The quantitative estimate of drug-likeness (QED) is 0.664. The Morgan fingerprint density at radius 2 is 1.96 bits per heavy atom. The molecule has 0 aliphatic carbocycles. The first-order valence-corrected chi connectivity index (χ1v) is 8.13. The van der Waals surface area contributed by atoms with Crippen LogP contribution < -0.4 is 10.6 Å². The lowest BCUT2D eigenvalue weighted by Crippen LogP contribution is -2.14. The van der Waals surface area contributed by atoms with Crippen molar-refractivity contribution in [2.45, 2.75) is 6.92 Å². The Morgan fingerprint density at radius 1 is 1.21 bits per heavy atom. The molecule has 8 heteroatoms. The molecule has 3 rings (SSSR count). The first kappa shape index (κ1) is 16.4. The minimum absolute atomic E-state index is 0.259. The van der Waals surface area contributed by atoms with Gasteiger partial charge in [-0.05, 0) is 43.3 Å². The molecule has 0 aliphatic heterocycles. The van der Waals surface area contributed by atoms with Gasteiger partial charge in [-0.25, -0.2) is 14.4 Å². The van der Waals surface area contributed by atoms with Crippen LogP contribution in [0.25, 0.3) is 0 Å². The third-order valence-electron chi connectivity index (χ3n) is 3.04. The number of amides is 1. The Kier molecular flexibility index (Phi) is 4.73. The van der Waals surface area contributed by atoms with Crippen molar-refractivity contribution in [3.05, 3.63) is 64.3 Å². The van der Waals surface area contributed by atoms with Crippen LogP contribution >= 0.6 is 22.9 Å². The van der Waals surface area contributed by atoms with Gasteiger partial charge in [0.05, 0.1) is 5.01 Å². The van der Waals surface area contributed by atoms with E-state index >= 15 is 0 Å². The number of benzene rings is 1. The molecule has 2 N–H and O–H groups in total. The van der Waals surface area contributed by atoms with E-state index < -0.39 is 0 Å². The Bertz CT molecular complexity index is 882. The van der Waals surface area contributed by atoms with Gasteiger partial charge in [-0.3, -0.25) is 4.79 Å². The number of hydrogen-bond donors (Lipinski definition) is 2. The van der Waals surface area contributed by atoms with Crippen LogP contribution in [-0.2, 0) is 0 Å². The molecule has 0 radical (unpaired) electrons. The molecule has 0 atom stereocenters. The highest BCUT2D eigenvalue weighted by Crippen LogP contribution is 2.28. The fourth-order valence-electron chi connectivity index (χ4n) is 2.00. The molecule has 0 fully saturated rings. The van der Waals surface area contributed by atoms with Gasteiger partial charge in [0, 0.05) is 17.6 Å². The molecule has 5 nitrogen and oxygen atoms in total. The second-order valence-electron chi connectivity index (χ2n) is 4.86. The zero-order chi connectivity index (χ0) is 17.1. The van der Waals surface area contributed by atoms with Crippen LogP contribution in [0.15, 0.2) is 42.6 Å². The number of anilines is 3. The number of halogens is 2. The van der Waals surface area contributed by atoms with E-state index in [2.05, 4.69) is 20.6 Å². The van der Waals surface area contributed by atoms with Gasteiger partial charge in [0.2, 0.25) is 0 Å². The summed E-state index contributed by atoms with van der Waals surface area (Å²) < 4.78 is 13.0. The predicted octanol–water partition coefficient (Wildman–Crippen LogP) is 4.63. The minimum atomic E-state index is -0.369. The molecule has 0 saturated heterocycles. The highest BCUT2D eigenvalue weighted by Gasteiger charge is 2.17. The van der Waals surface area contributed by atoms with Crippen molar-refractivity contribution in [2.75, 3.05) is 10.6 Å². The number of nitrogens with one attached hydrogen (secondary N) is 2. The van der Waals surface area contributed by atoms with Gasteiger partial charge in [-0.1, -0.05) is 11.6 Å². The van der Waals surface area contributed by atoms with Gasteiger partial charge in [0.15, 0.2) is 5.69 Å². The SMILES string of the molecule is Cc1nc(C(=O)Nc2ccnc(Cl)c2)c(Nc2ccc(F)cc2)s1. The molecule has 24 heavy (non-hydrogen) atoms. The van der Waals surface area contributed by atoms with E-state index in [-0.39, 0.29) is 22.6 Å². The van der Waals surface area contributed by atoms with Crippen molar-refractivity contribution in [2.24, 2.45) is 0 Å². The normalized spacial score (nSPS) is 10.5. The summed E-state index contributed by atoms with van der Waals surface area (Å²) in [5, 5.41) is 7.42. The minimum Gasteiger partial charge on any atom is -0.345 e. The Labute approximate surface area is 146 Å². The molecule has 1 amide bonds. The topological polar surface area (TPSA) is 66.9 Å². The lowest BCUT2D eigenvalue weighted by atomic mass is 10.3. The van der Waals surface area contributed by atoms with Gasteiger partial charge >= 0.3 is 0 Å². The second-order valence-corrected chi connectivity index (χ2v) is 6.45. The molecule has 122 valence electrons. The standard InChI is InChI=1S/C16H12ClFN4OS/c1-9-20-14(15(23)21-12-6-7-19-13(17)8-12)16(24-9)22-11-4-2-10(18)3-5-11/h2-8,22H,1H3,(H,19,21,23). The summed E-state index contributed by atoms with van der Waals surface area (Å²) in [7, 11) is 0. The monoisotopic (exact) mass is 362 g/mol. The van der Waals surface area contributed by atoms with Crippen LogP contribution in [0.2, 0.25) is 5.15 Å². The van der Waals surface area contributed by atoms with Crippen LogP contribution in [-0.4, -0.2) is 15.9 Å². The van der Waals surface area contributed by atoms with E-state index in [1.807, 2.05) is 0 Å². The number of aryl methyl sites for hydroxylation is 1. The van der Waals surface area contributed by atoms with E-state index in [0.29, 0.717) is 16.4 Å². The van der Waals surface area contributed by atoms with E-state index in [9.17, 15) is 9.18 Å². The van der Waals surface area contributed by atoms with Crippen molar-refractivity contribution < 1.29 is 9.18 Å². The van der Waals surface area contributed by atoms with Crippen LogP contribution in [0.3, 0.4) is 0 Å². The molecule has 0 spiro atoms. The lowest BCUT2D eigenvalue weighted by Gasteiger charge is -2.07. The Balaban J connectivity index is 1.82. The summed E-state index contributed by atoms with van der Waals surface area (Å²) in [4.78, 5) is 20.6. The molecule has 0 bridgehead atoms. The molecule has 1 aromatic carbocycles. The zero-order valence-electron chi connectivity index (χ0n) is 12.5. The fourth-order valence-corrected chi connectivity index (χ4v) is 3.01. The summed E-state index contributed by atoms with van der Waals surface area (Å²) in [5.41, 5.74) is 1.45. The van der Waals surface area contributed by atoms with Crippen molar-refractivity contribution >= 4 is 45.2 Å². The molecule has 3 aromatic rings. The number of carbonyl (C=O) groups excluding carboxylic acids is 1. The highest BCUT2D eigenvalue weighted by atomic mass is 35.5. The number of aromatic nitrogens is 2. The van der Waals surface area contributed by atoms with Crippen molar-refractivity contribution in [1.82, 2.24) is 9.97 Å². The average molecular weight is 363 g/mol. The van der Waals surface area contributed by atoms with Crippen LogP contribution in [0.4, 0.5) is 20.8 Å². The maximum absolute atomic E-state index is 13.0. The van der Waals surface area contributed by atoms with Gasteiger partial charge in [-0.2, -0.15) is 0 Å². The third kappa shape index (κ3) is 3.87. The van der Waals surface area contributed by atoms with Gasteiger partial charge in [-0.15, -0.1) is 11.3 Å². The summed E-state index contributed by atoms with van der Waals surface area (Å²) in [6, 6.07) is 9.05. The number of thiazole rings is 1. The molecule has 0 unspecified atom stereocenters. The molecule has 2 aromatic heterocycles. The van der Waals surface area contributed by atoms with E-state index in [1.54, 1.807) is 31.2 Å². The molecular weight excluding hydrogens is 351 g/mol. The zero-order valence-corrected chi connectivity index (χ0v) is 14.1. The first-order valence-electron chi connectivity index (χ1n) is 6.94. The Morgan fingerprint density at radius 3 is 2.67 bits per heavy atom. The number of carbonyl (C=O) groups is 1. The summed E-state index contributed by atoms with van der Waals surface area (Å²) in [6.45, 7) is 1.81. The van der Waals surface area contributed by atoms with Crippen molar-refractivity contribution in [3.8, 4) is 0 Å². The Hall–Kier alpha value is -2.51. The van der Waals surface area contributed by atoms with E-state index in [0.717, 1.165) is 5.01 Å². The summed E-state index contributed by atoms with van der Waals surface area (Å²) in [5.74, 6) is -0.695.